The number of nitrogens with zero attached hydrogens (tertiary/aromatic N) is 3. The van der Waals surface area contributed by atoms with E-state index in [9.17, 15) is 21.6 Å². The van der Waals surface area contributed by atoms with E-state index in [1.165, 1.54) is 6.33 Å². The van der Waals surface area contributed by atoms with Crippen LogP contribution in [0, 0.1) is 0 Å². The summed E-state index contributed by atoms with van der Waals surface area (Å²) >= 11 is 1.06. The van der Waals surface area contributed by atoms with Crippen molar-refractivity contribution in [1.82, 2.24) is 15.3 Å². The second kappa shape index (κ2) is 10.6. The molecule has 2 atom stereocenters. The van der Waals surface area contributed by atoms with Gasteiger partial charge in [-0.1, -0.05) is 30.3 Å². The number of thiophene rings is 1. The Morgan fingerprint density at radius 2 is 1.74 bits per heavy atom. The minimum absolute atomic E-state index is 0.190. The van der Waals surface area contributed by atoms with Crippen molar-refractivity contribution in [2.45, 2.75) is 60.3 Å². The maximum atomic E-state index is 12.9. The zero-order valence-corrected chi connectivity index (χ0v) is 22.3. The van der Waals surface area contributed by atoms with Crippen molar-refractivity contribution in [1.29, 1.82) is 0 Å². The van der Waals surface area contributed by atoms with E-state index in [0.29, 0.717) is 22.6 Å². The fourth-order valence-electron chi connectivity index (χ4n) is 4.91. The van der Waals surface area contributed by atoms with E-state index in [4.69, 9.17) is 0 Å². The third kappa shape index (κ3) is 5.84. The van der Waals surface area contributed by atoms with Crippen LogP contribution in [0.15, 0.2) is 76.8 Å². The molecule has 6 nitrogen and oxygen atoms in total. The number of anilines is 1. The molecule has 0 saturated heterocycles. The minimum Gasteiger partial charge on any atom is -0.356 e. The van der Waals surface area contributed by atoms with E-state index in [-0.39, 0.29) is 26.8 Å². The summed E-state index contributed by atoms with van der Waals surface area (Å²) in [6.07, 6.45) is -1.08. The lowest BCUT2D eigenvalue weighted by molar-refractivity contribution is -0.126. The quantitative estimate of drug-likeness (QED) is 0.295. The number of rotatable bonds is 8. The molecule has 2 aromatic carbocycles. The Bertz CT molecular complexity index is 1510. The van der Waals surface area contributed by atoms with Gasteiger partial charge in [0.15, 0.2) is 0 Å². The highest BCUT2D eigenvalue weighted by atomic mass is 32.2. The molecule has 200 valence electrons. The standard InChI is InChI=1S/C27H27F3N4O2S2/c1-34(25-24-14-21(15-27(28,29)30)37-26(24)33-17-32-25)20-10-9-19(13-20)31-16-18-7-11-23(12-8-18)38(35,36)22-5-3-2-4-6-22/h2-8,11-12,14,17,19-20,31H,9-10,13,15-16H2,1H3/t19-,20+/m0/s1. The summed E-state index contributed by atoms with van der Waals surface area (Å²) in [5, 5.41) is 4.21. The van der Waals surface area contributed by atoms with Gasteiger partial charge in [-0.25, -0.2) is 18.4 Å². The van der Waals surface area contributed by atoms with Gasteiger partial charge in [-0.2, -0.15) is 13.2 Å². The zero-order chi connectivity index (χ0) is 26.9. The van der Waals surface area contributed by atoms with E-state index in [2.05, 4.69) is 20.2 Å². The van der Waals surface area contributed by atoms with Crippen LogP contribution in [-0.2, 0) is 22.8 Å². The van der Waals surface area contributed by atoms with Gasteiger partial charge >= 0.3 is 6.18 Å². The number of hydrogen-bond acceptors (Lipinski definition) is 7. The molecule has 38 heavy (non-hydrogen) atoms. The zero-order valence-electron chi connectivity index (χ0n) is 20.6. The van der Waals surface area contributed by atoms with Crippen molar-refractivity contribution in [3.63, 3.8) is 0 Å². The Morgan fingerprint density at radius 3 is 2.45 bits per heavy atom. The maximum absolute atomic E-state index is 12.9. The van der Waals surface area contributed by atoms with Crippen molar-refractivity contribution < 1.29 is 21.6 Å². The summed E-state index contributed by atoms with van der Waals surface area (Å²) in [7, 11) is -1.61. The first-order chi connectivity index (χ1) is 18.1. The molecule has 0 bridgehead atoms. The number of nitrogens with one attached hydrogen (secondary N) is 1. The number of benzene rings is 2. The number of hydrogen-bond donors (Lipinski definition) is 1. The summed E-state index contributed by atoms with van der Waals surface area (Å²) in [5.41, 5.74) is 0.988. The van der Waals surface area contributed by atoms with Gasteiger partial charge in [0.2, 0.25) is 9.84 Å². The van der Waals surface area contributed by atoms with Gasteiger partial charge in [-0.15, -0.1) is 11.3 Å². The van der Waals surface area contributed by atoms with Crippen LogP contribution in [0.4, 0.5) is 19.0 Å². The van der Waals surface area contributed by atoms with Crippen LogP contribution in [0.5, 0.6) is 0 Å². The third-order valence-electron chi connectivity index (χ3n) is 6.90. The number of aromatic nitrogens is 2. The lowest BCUT2D eigenvalue weighted by atomic mass is 10.1. The predicted molar refractivity (Wildman–Crippen MR) is 142 cm³/mol. The largest absolute Gasteiger partial charge is 0.393 e. The van der Waals surface area contributed by atoms with Crippen LogP contribution in [-0.4, -0.2) is 43.7 Å². The highest BCUT2D eigenvalue weighted by Gasteiger charge is 2.31. The number of alkyl halides is 3. The van der Waals surface area contributed by atoms with Crippen molar-refractivity contribution >= 4 is 37.2 Å². The number of fused-ring (bicyclic) bond motifs is 1. The van der Waals surface area contributed by atoms with Gasteiger partial charge in [0.05, 0.1) is 21.6 Å². The maximum Gasteiger partial charge on any atom is 0.393 e. The molecular weight excluding hydrogens is 533 g/mol. The topological polar surface area (TPSA) is 75.2 Å². The molecule has 1 fully saturated rings. The van der Waals surface area contributed by atoms with Crippen LogP contribution in [0.3, 0.4) is 0 Å². The molecule has 1 saturated carbocycles. The summed E-state index contributed by atoms with van der Waals surface area (Å²) in [6.45, 7) is 0.607. The fourth-order valence-corrected chi connectivity index (χ4v) is 7.21. The monoisotopic (exact) mass is 560 g/mol. The molecule has 0 radical (unpaired) electrons. The van der Waals surface area contributed by atoms with E-state index in [1.807, 2.05) is 19.2 Å². The van der Waals surface area contributed by atoms with Gasteiger partial charge in [-0.3, -0.25) is 0 Å². The molecule has 2 heterocycles. The molecule has 2 aromatic heterocycles. The molecule has 0 spiro atoms. The Kier molecular flexibility index (Phi) is 7.43. The molecule has 5 rings (SSSR count). The van der Waals surface area contributed by atoms with Crippen LogP contribution in [0.25, 0.3) is 10.2 Å². The fraction of sp³-hybridized carbons (Fsp3) is 0.333. The summed E-state index contributed by atoms with van der Waals surface area (Å²) in [4.78, 5) is 12.0. The Hall–Kier alpha value is -3.02. The lowest BCUT2D eigenvalue weighted by Gasteiger charge is -2.26. The minimum atomic E-state index is -4.26. The summed E-state index contributed by atoms with van der Waals surface area (Å²) in [5.74, 6) is 0.653. The molecule has 1 N–H and O–H groups in total. The lowest BCUT2D eigenvalue weighted by Crippen LogP contribution is -2.33. The van der Waals surface area contributed by atoms with Gasteiger partial charge in [0.25, 0.3) is 0 Å². The van der Waals surface area contributed by atoms with Crippen molar-refractivity contribution in [2.75, 3.05) is 11.9 Å². The average Bonchev–Trinajstić information content (AvgIpc) is 3.53. The predicted octanol–water partition coefficient (Wildman–Crippen LogP) is 5.78. The van der Waals surface area contributed by atoms with Crippen molar-refractivity contribution in [3.8, 4) is 0 Å². The molecule has 0 unspecified atom stereocenters. The molecule has 1 aliphatic carbocycles. The van der Waals surface area contributed by atoms with Gasteiger partial charge in [0, 0.05) is 30.6 Å². The van der Waals surface area contributed by atoms with E-state index in [0.717, 1.165) is 36.2 Å². The highest BCUT2D eigenvalue weighted by Crippen LogP contribution is 2.36. The summed E-state index contributed by atoms with van der Waals surface area (Å²) in [6, 6.07) is 17.3. The first-order valence-corrected chi connectivity index (χ1v) is 14.6. The van der Waals surface area contributed by atoms with E-state index in [1.54, 1.807) is 48.5 Å². The van der Waals surface area contributed by atoms with E-state index >= 15 is 0 Å². The molecular formula is C27H27F3N4O2S2. The van der Waals surface area contributed by atoms with Gasteiger partial charge < -0.3 is 10.2 Å². The first kappa shape index (κ1) is 26.6. The van der Waals surface area contributed by atoms with Crippen LogP contribution in [0.1, 0.15) is 29.7 Å². The van der Waals surface area contributed by atoms with E-state index < -0.39 is 22.4 Å². The third-order valence-corrected chi connectivity index (χ3v) is 9.73. The second-order valence-corrected chi connectivity index (χ2v) is 12.6. The van der Waals surface area contributed by atoms with Crippen molar-refractivity contribution in [2.24, 2.45) is 0 Å². The number of sulfone groups is 1. The smallest absolute Gasteiger partial charge is 0.356 e. The van der Waals surface area contributed by atoms with Gasteiger partial charge in [-0.05, 0) is 55.2 Å². The van der Waals surface area contributed by atoms with Gasteiger partial charge in [0.1, 0.15) is 17.0 Å². The second-order valence-electron chi connectivity index (χ2n) is 9.54. The molecule has 1 aliphatic rings. The Morgan fingerprint density at radius 1 is 1.03 bits per heavy atom. The molecule has 0 aliphatic heterocycles. The molecule has 11 heteroatoms. The Labute approximate surface area is 223 Å². The van der Waals surface area contributed by atoms with Crippen LogP contribution < -0.4 is 10.2 Å². The number of halogens is 3. The molecule has 4 aromatic rings. The average molecular weight is 561 g/mol. The Balaban J connectivity index is 1.20. The van der Waals surface area contributed by atoms with Crippen LogP contribution in [0.2, 0.25) is 0 Å². The first-order valence-electron chi connectivity index (χ1n) is 12.3. The van der Waals surface area contributed by atoms with Crippen molar-refractivity contribution in [3.05, 3.63) is 77.4 Å². The summed E-state index contributed by atoms with van der Waals surface area (Å²) < 4.78 is 64.2. The SMILES string of the molecule is CN(c1ncnc2sc(CC(F)(F)F)cc12)[C@@H]1CC[C@H](NCc2ccc(S(=O)(=O)c3ccccc3)cc2)C1. The molecule has 0 amide bonds. The highest BCUT2D eigenvalue weighted by molar-refractivity contribution is 7.91. The van der Waals surface area contributed by atoms with Crippen LogP contribution >= 0.6 is 11.3 Å². The normalized spacial score (nSPS) is 18.2.